The van der Waals surface area contributed by atoms with Crippen molar-refractivity contribution in [3.05, 3.63) is 5.82 Å². The van der Waals surface area contributed by atoms with Crippen molar-refractivity contribution >= 4 is 40.9 Å². The number of aromatic nitrogens is 3. The predicted octanol–water partition coefficient (Wildman–Crippen LogP) is -0.660. The van der Waals surface area contributed by atoms with Gasteiger partial charge in [-0.05, 0) is 0 Å². The van der Waals surface area contributed by atoms with E-state index in [9.17, 15) is 0 Å². The van der Waals surface area contributed by atoms with Gasteiger partial charge in [0.05, 0.1) is 0 Å². The summed E-state index contributed by atoms with van der Waals surface area (Å²) in [6.45, 7) is 6.34. The highest BCUT2D eigenvalue weighted by Crippen LogP contribution is 2.15. The molecule has 1 rings (SSSR count). The monoisotopic (exact) mass is 204 g/mol. The van der Waals surface area contributed by atoms with Crippen molar-refractivity contribution in [3.8, 4) is 0 Å². The van der Waals surface area contributed by atoms with Gasteiger partial charge in [-0.25, -0.2) is 9.97 Å². The Morgan fingerprint density at radius 2 is 1.77 bits per heavy atom. The molecule has 0 bridgehead atoms. The Hall–Kier alpha value is 0.0749. The molecule has 1 aromatic rings. The second kappa shape index (κ2) is 4.07. The summed E-state index contributed by atoms with van der Waals surface area (Å²) in [5.41, 5.74) is 0.0115. The topological polar surface area (TPSA) is 38.7 Å². The predicted molar refractivity (Wildman–Crippen MR) is 55.2 cm³/mol. The smallest absolute Gasteiger partial charge is 0.262 e. The molecule has 0 amide bonds. The first-order chi connectivity index (χ1) is 5.93. The zero-order valence-corrected chi connectivity index (χ0v) is 10.8. The Balaban J connectivity index is 3.16. The van der Waals surface area contributed by atoms with E-state index in [2.05, 4.69) is 57.8 Å². The highest BCUT2D eigenvalue weighted by atomic mass is 27.1. The molecule has 0 fully saturated rings. The van der Waals surface area contributed by atoms with Gasteiger partial charge in [0.1, 0.15) is 5.82 Å². The van der Waals surface area contributed by atoms with Gasteiger partial charge in [-0.1, -0.05) is 20.8 Å². The first-order valence-corrected chi connectivity index (χ1v) is 6.56. The van der Waals surface area contributed by atoms with Gasteiger partial charge < -0.3 is 0 Å². The molecule has 0 spiro atoms. The highest BCUT2D eigenvalue weighted by Gasteiger charge is 2.17. The molecular weight excluding hydrogens is 192 g/mol. The van der Waals surface area contributed by atoms with E-state index < -0.39 is 0 Å². The third-order valence-electron chi connectivity index (χ3n) is 1.60. The van der Waals surface area contributed by atoms with Crippen molar-refractivity contribution in [2.24, 2.45) is 0 Å². The molecule has 0 saturated carbocycles. The van der Waals surface area contributed by atoms with E-state index in [-0.39, 0.29) is 20.6 Å². The lowest BCUT2D eigenvalue weighted by Crippen LogP contribution is -2.35. The summed E-state index contributed by atoms with van der Waals surface area (Å²) in [4.78, 5) is 13.0. The molecule has 0 aromatic carbocycles. The summed E-state index contributed by atoms with van der Waals surface area (Å²) in [5.74, 6) is 3.02. The van der Waals surface area contributed by atoms with E-state index in [1.165, 1.54) is 0 Å². The maximum Gasteiger partial charge on any atom is 0.312 e. The van der Waals surface area contributed by atoms with Crippen LogP contribution in [0, 0.1) is 0 Å². The Labute approximate surface area is 93.5 Å². The number of rotatable bonds is 1. The summed E-state index contributed by atoms with van der Waals surface area (Å²) >= 11 is 2.71. The molecule has 0 aliphatic heterocycles. The number of nitrogens with zero attached hydrogens (tertiary/aromatic N) is 3. The van der Waals surface area contributed by atoms with Gasteiger partial charge in [-0.2, -0.15) is 0 Å². The van der Waals surface area contributed by atoms with Crippen LogP contribution in [0.2, 0.25) is 5.79 Å². The summed E-state index contributed by atoms with van der Waals surface area (Å²) in [6.07, 6.45) is 0. The minimum Gasteiger partial charge on any atom is -0.262 e. The minimum absolute atomic E-state index is 0.0115. The van der Waals surface area contributed by atoms with Crippen molar-refractivity contribution in [2.45, 2.75) is 32.0 Å². The lowest BCUT2D eigenvalue weighted by Gasteiger charge is -2.17. The molecule has 0 saturated heterocycles. The van der Waals surface area contributed by atoms with E-state index in [0.29, 0.717) is 0 Å². The molecule has 1 aromatic heterocycles. The van der Waals surface area contributed by atoms with Crippen molar-refractivity contribution in [1.82, 2.24) is 15.0 Å². The van der Waals surface area contributed by atoms with Crippen LogP contribution in [0.1, 0.15) is 26.6 Å². The van der Waals surface area contributed by atoms with Crippen molar-refractivity contribution in [2.75, 3.05) is 0 Å². The van der Waals surface area contributed by atoms with Crippen LogP contribution in [0.4, 0.5) is 0 Å². The van der Waals surface area contributed by atoms with Crippen LogP contribution in [-0.4, -0.2) is 46.5 Å². The van der Waals surface area contributed by atoms with Crippen LogP contribution in [0.25, 0.3) is 0 Å². The molecule has 0 unspecified atom stereocenters. The zero-order valence-electron chi connectivity index (χ0n) is 8.50. The number of hydrogen-bond donors (Lipinski definition) is 0. The first-order valence-electron chi connectivity index (χ1n) is 4.25. The van der Waals surface area contributed by atoms with E-state index in [1.807, 2.05) is 0 Å². The van der Waals surface area contributed by atoms with Crippen LogP contribution in [0.15, 0.2) is 0 Å². The molecule has 3 radical (unpaired) electrons. The van der Waals surface area contributed by atoms with Gasteiger partial charge in [0.25, 0.3) is 0 Å². The molecule has 0 atom stereocenters. The van der Waals surface area contributed by atoms with Crippen molar-refractivity contribution in [3.63, 3.8) is 0 Å². The van der Waals surface area contributed by atoms with Crippen LogP contribution < -0.4 is 9.37 Å². The molecule has 0 aliphatic rings. The maximum atomic E-state index is 4.42. The van der Waals surface area contributed by atoms with Crippen LogP contribution >= 0.6 is 0 Å². The maximum absolute atomic E-state index is 4.42. The highest BCUT2D eigenvalue weighted by molar-refractivity contribution is 6.50. The van der Waals surface area contributed by atoms with Gasteiger partial charge in [0, 0.05) is 14.8 Å². The molecule has 0 aliphatic carbocycles. The van der Waals surface area contributed by atoms with Gasteiger partial charge in [-0.3, -0.25) is 4.98 Å². The number of hydrogen-bond acceptors (Lipinski definition) is 3. The zero-order chi connectivity index (χ0) is 10.1. The van der Waals surface area contributed by atoms with Crippen molar-refractivity contribution < 1.29 is 0 Å². The van der Waals surface area contributed by atoms with Gasteiger partial charge in [-0.15, -0.1) is 5.79 Å². The van der Waals surface area contributed by atoms with Gasteiger partial charge in [0.15, 0.2) is 0 Å². The molecule has 65 valence electrons. The largest absolute Gasteiger partial charge is 0.312 e. The Morgan fingerprint density at radius 1 is 1.15 bits per heavy atom. The Kier molecular flexibility index (Phi) is 3.49. The third kappa shape index (κ3) is 3.04. The molecule has 0 N–H and O–H groups in total. The summed E-state index contributed by atoms with van der Waals surface area (Å²) < 4.78 is 1.70. The van der Waals surface area contributed by atoms with Gasteiger partial charge in [0.2, 0.25) is 16.3 Å². The van der Waals surface area contributed by atoms with E-state index >= 15 is 0 Å². The van der Waals surface area contributed by atoms with Crippen LogP contribution in [0.3, 0.4) is 0 Å². The quantitative estimate of drug-likeness (QED) is 0.570. The minimum atomic E-state index is 0.0115. The van der Waals surface area contributed by atoms with E-state index in [1.54, 1.807) is 0 Å². The average molecular weight is 204 g/mol. The summed E-state index contributed by atoms with van der Waals surface area (Å²) in [5, 5.41) is 0. The van der Waals surface area contributed by atoms with E-state index in [0.717, 1.165) is 15.2 Å². The fraction of sp³-hybridized carbons (Fsp3) is 0.625. The van der Waals surface area contributed by atoms with Gasteiger partial charge >= 0.3 is 15.2 Å². The standard InChI is InChI=1S/C7H9N3.CH3.2Al/c1-7(2,3)6-9-4-8-5-10-6;;;/h1-3H3;1H3;;. The first kappa shape index (κ1) is 11.2. The Bertz CT molecular complexity index is 307. The SMILES string of the molecule is [CH3][Al][c]1n[c]([Al])nc(C(C)(C)C)n1. The average Bonchev–Trinajstić information content (AvgIpc) is 2.01. The second-order valence-electron chi connectivity index (χ2n) is 3.91. The van der Waals surface area contributed by atoms with Crippen LogP contribution in [0.5, 0.6) is 0 Å². The van der Waals surface area contributed by atoms with Crippen LogP contribution in [-0.2, 0) is 5.41 Å². The Morgan fingerprint density at radius 3 is 2.23 bits per heavy atom. The second-order valence-corrected chi connectivity index (χ2v) is 5.52. The molecular formula is C8H12Al2N3. The normalized spacial score (nSPS) is 11.4. The lowest BCUT2D eigenvalue weighted by molar-refractivity contribution is 0.546. The third-order valence-corrected chi connectivity index (χ3v) is 2.63. The fourth-order valence-electron chi connectivity index (χ4n) is 0.874. The summed E-state index contributed by atoms with van der Waals surface area (Å²) in [6, 6.07) is 0. The molecule has 13 heavy (non-hydrogen) atoms. The summed E-state index contributed by atoms with van der Waals surface area (Å²) in [7, 11) is 0. The lowest BCUT2D eigenvalue weighted by atomic mass is 9.96. The molecule has 3 nitrogen and oxygen atoms in total. The molecule has 1 heterocycles. The van der Waals surface area contributed by atoms with E-state index in [4.69, 9.17) is 0 Å². The fourth-order valence-corrected chi connectivity index (χ4v) is 1.79. The molecule has 5 heteroatoms. The van der Waals surface area contributed by atoms with Crippen molar-refractivity contribution in [1.29, 1.82) is 0 Å².